The van der Waals surface area contributed by atoms with Crippen molar-refractivity contribution in [1.82, 2.24) is 4.98 Å². The Morgan fingerprint density at radius 3 is 2.60 bits per heavy atom. The van der Waals surface area contributed by atoms with Crippen LogP contribution in [0.5, 0.6) is 0 Å². The van der Waals surface area contributed by atoms with Crippen LogP contribution in [0.2, 0.25) is 0 Å². The Kier molecular flexibility index (Phi) is 4.61. The molecule has 1 heterocycles. The van der Waals surface area contributed by atoms with Crippen LogP contribution in [0.4, 0.5) is 8.78 Å². The van der Waals surface area contributed by atoms with Crippen LogP contribution in [0.25, 0.3) is 0 Å². The van der Waals surface area contributed by atoms with Crippen LogP contribution in [0.3, 0.4) is 0 Å². The molecular weight excluding hydrogens is 334 g/mol. The second-order valence-corrected chi connectivity index (χ2v) is 4.14. The molecule has 1 aromatic heterocycles. The molecule has 15 heavy (non-hydrogen) atoms. The van der Waals surface area contributed by atoms with Crippen molar-refractivity contribution in [2.45, 2.75) is 18.2 Å². The molecule has 0 aliphatic carbocycles. The lowest BCUT2D eigenvalue weighted by molar-refractivity contribution is 0.150. The van der Waals surface area contributed by atoms with Crippen molar-refractivity contribution in [2.75, 3.05) is 0 Å². The van der Waals surface area contributed by atoms with Gasteiger partial charge in [0.1, 0.15) is 0 Å². The van der Waals surface area contributed by atoms with Crippen molar-refractivity contribution in [3.8, 4) is 6.07 Å². The van der Waals surface area contributed by atoms with Gasteiger partial charge in [-0.2, -0.15) is 5.26 Å². The van der Waals surface area contributed by atoms with Gasteiger partial charge < -0.3 is 0 Å². The summed E-state index contributed by atoms with van der Waals surface area (Å²) in [6, 6.07) is 3.25. The zero-order valence-corrected chi connectivity index (χ0v) is 10.6. The van der Waals surface area contributed by atoms with Crippen LogP contribution in [0, 0.1) is 11.3 Å². The highest BCUT2D eigenvalue weighted by Gasteiger charge is 2.16. The largest absolute Gasteiger partial charge is 0.265 e. The number of aromatic nitrogens is 1. The van der Waals surface area contributed by atoms with Gasteiger partial charge in [-0.05, 0) is 22.0 Å². The van der Waals surface area contributed by atoms with Gasteiger partial charge in [0.05, 0.1) is 23.9 Å². The quantitative estimate of drug-likeness (QED) is 0.786. The molecule has 0 atom stereocenters. The number of hydrogen-bond donors (Lipinski definition) is 0. The molecule has 0 spiro atoms. The molecule has 0 saturated carbocycles. The summed E-state index contributed by atoms with van der Waals surface area (Å²) < 4.78 is 25.6. The fourth-order valence-electron chi connectivity index (χ4n) is 1.08. The Balaban J connectivity index is 3.24. The maximum absolute atomic E-state index is 12.6. The Morgan fingerprint density at radius 2 is 2.13 bits per heavy atom. The molecule has 6 heteroatoms. The monoisotopic (exact) mass is 338 g/mol. The minimum absolute atomic E-state index is 0.101. The van der Waals surface area contributed by atoms with Gasteiger partial charge in [-0.25, -0.2) is 8.78 Å². The second kappa shape index (κ2) is 5.52. The summed E-state index contributed by atoms with van der Waals surface area (Å²) in [6.45, 7) is 0. The van der Waals surface area contributed by atoms with Gasteiger partial charge in [0, 0.05) is 15.4 Å². The number of nitrogens with zero attached hydrogens (tertiary/aromatic N) is 2. The first-order valence-electron chi connectivity index (χ1n) is 3.99. The summed E-state index contributed by atoms with van der Waals surface area (Å²) >= 11 is 6.21. The number of pyridine rings is 1. The third-order valence-electron chi connectivity index (χ3n) is 1.77. The van der Waals surface area contributed by atoms with E-state index in [-0.39, 0.29) is 23.0 Å². The third-order valence-corrected chi connectivity index (χ3v) is 2.99. The number of hydrogen-bond acceptors (Lipinski definition) is 2. The number of halogens is 4. The molecular formula is C9H6Br2F2N2. The summed E-state index contributed by atoms with van der Waals surface area (Å²) in [5.41, 5.74) is 0.648. The molecule has 0 aromatic carbocycles. The van der Waals surface area contributed by atoms with Crippen molar-refractivity contribution < 1.29 is 8.78 Å². The maximum Gasteiger partial charge on any atom is 0.265 e. The van der Waals surface area contributed by atoms with Gasteiger partial charge in [0.25, 0.3) is 6.43 Å². The molecule has 0 aliphatic rings. The van der Waals surface area contributed by atoms with Crippen LogP contribution in [0.15, 0.2) is 10.5 Å². The van der Waals surface area contributed by atoms with Crippen LogP contribution >= 0.6 is 31.9 Å². The van der Waals surface area contributed by atoms with Crippen molar-refractivity contribution in [3.63, 3.8) is 0 Å². The Bertz CT molecular complexity index is 402. The molecule has 0 bridgehead atoms. The molecule has 1 rings (SSSR count). The normalized spacial score (nSPS) is 10.4. The van der Waals surface area contributed by atoms with Gasteiger partial charge in [0.2, 0.25) is 0 Å². The SMILES string of the molecule is N#CCc1nc(CBr)c(C(F)F)cc1Br. The second-order valence-electron chi connectivity index (χ2n) is 2.72. The van der Waals surface area contributed by atoms with E-state index in [0.717, 1.165) is 0 Å². The number of alkyl halides is 3. The van der Waals surface area contributed by atoms with Crippen LogP contribution in [-0.4, -0.2) is 4.98 Å². The van der Waals surface area contributed by atoms with E-state index < -0.39 is 6.43 Å². The van der Waals surface area contributed by atoms with E-state index in [1.54, 1.807) is 0 Å². The van der Waals surface area contributed by atoms with Crippen molar-refractivity contribution in [3.05, 3.63) is 27.5 Å². The number of rotatable bonds is 3. The fourth-order valence-corrected chi connectivity index (χ4v) is 2.00. The highest BCUT2D eigenvalue weighted by molar-refractivity contribution is 9.10. The van der Waals surface area contributed by atoms with Gasteiger partial charge >= 0.3 is 0 Å². The molecule has 0 unspecified atom stereocenters. The zero-order chi connectivity index (χ0) is 11.4. The predicted molar refractivity (Wildman–Crippen MR) is 58.8 cm³/mol. The van der Waals surface area contributed by atoms with Gasteiger partial charge in [0.15, 0.2) is 0 Å². The van der Waals surface area contributed by atoms with Gasteiger partial charge in [-0.15, -0.1) is 0 Å². The maximum atomic E-state index is 12.6. The molecule has 0 fully saturated rings. The summed E-state index contributed by atoms with van der Waals surface area (Å²) in [4.78, 5) is 4.01. The van der Waals surface area contributed by atoms with E-state index in [9.17, 15) is 8.78 Å². The zero-order valence-electron chi connectivity index (χ0n) is 7.48. The predicted octanol–water partition coefficient (Wildman–Crippen LogP) is 3.74. The van der Waals surface area contributed by atoms with E-state index in [2.05, 4.69) is 36.8 Å². The lowest BCUT2D eigenvalue weighted by Crippen LogP contribution is -2.01. The average molecular weight is 340 g/mol. The first kappa shape index (κ1) is 12.5. The topological polar surface area (TPSA) is 36.7 Å². The molecule has 0 saturated heterocycles. The van der Waals surface area contributed by atoms with Crippen LogP contribution in [0.1, 0.15) is 23.4 Å². The smallest absolute Gasteiger partial charge is 0.254 e. The molecule has 0 aliphatic heterocycles. The van der Waals surface area contributed by atoms with E-state index in [0.29, 0.717) is 10.2 Å². The van der Waals surface area contributed by atoms with E-state index >= 15 is 0 Å². The molecule has 0 radical (unpaired) electrons. The first-order valence-corrected chi connectivity index (χ1v) is 5.90. The summed E-state index contributed by atoms with van der Waals surface area (Å²) in [7, 11) is 0. The highest BCUT2D eigenvalue weighted by Crippen LogP contribution is 2.28. The minimum Gasteiger partial charge on any atom is -0.254 e. The molecule has 0 N–H and O–H groups in total. The molecule has 1 aromatic rings. The Labute approximate surface area is 103 Å². The van der Waals surface area contributed by atoms with Gasteiger partial charge in [-0.1, -0.05) is 15.9 Å². The van der Waals surface area contributed by atoms with Crippen molar-refractivity contribution >= 4 is 31.9 Å². The van der Waals surface area contributed by atoms with E-state index in [4.69, 9.17) is 5.26 Å². The number of nitriles is 1. The Hall–Kier alpha value is -0.540. The van der Waals surface area contributed by atoms with Crippen molar-refractivity contribution in [1.29, 1.82) is 5.26 Å². The van der Waals surface area contributed by atoms with E-state index in [1.165, 1.54) is 6.07 Å². The summed E-state index contributed by atoms with van der Waals surface area (Å²) in [5, 5.41) is 8.76. The third kappa shape index (κ3) is 2.95. The molecule has 0 amide bonds. The first-order chi connectivity index (χ1) is 7.10. The lowest BCUT2D eigenvalue weighted by Gasteiger charge is -2.08. The molecule has 80 valence electrons. The van der Waals surface area contributed by atoms with Crippen LogP contribution in [-0.2, 0) is 11.8 Å². The summed E-state index contributed by atoms with van der Waals surface area (Å²) in [5.74, 6) is 0. The average Bonchev–Trinajstić information content (AvgIpc) is 2.20. The highest BCUT2D eigenvalue weighted by atomic mass is 79.9. The molecule has 2 nitrogen and oxygen atoms in total. The van der Waals surface area contributed by atoms with E-state index in [1.807, 2.05) is 6.07 Å². The van der Waals surface area contributed by atoms with Crippen LogP contribution < -0.4 is 0 Å². The Morgan fingerprint density at radius 1 is 1.47 bits per heavy atom. The van der Waals surface area contributed by atoms with Crippen molar-refractivity contribution in [2.24, 2.45) is 0 Å². The fraction of sp³-hybridized carbons (Fsp3) is 0.333. The van der Waals surface area contributed by atoms with Gasteiger partial charge in [-0.3, -0.25) is 4.98 Å². The minimum atomic E-state index is -2.56. The lowest BCUT2D eigenvalue weighted by atomic mass is 10.1. The standard InChI is InChI=1S/C9H6Br2F2N2/c10-4-8-5(9(12)13)3-6(11)7(15-8)1-2-14/h3,9H,1,4H2. The summed E-state index contributed by atoms with van der Waals surface area (Å²) in [6.07, 6.45) is -2.46.